The molecule has 94 valence electrons. The Hall–Kier alpha value is -0.900. The van der Waals surface area contributed by atoms with Gasteiger partial charge in [-0.3, -0.25) is 0 Å². The molecule has 0 aliphatic heterocycles. The average Bonchev–Trinajstić information content (AvgIpc) is 2.34. The maximum Gasteiger partial charge on any atom is 0.0986 e. The fraction of sp³-hybridized carbons (Fsp3) is 0.571. The Bertz CT molecular complexity index is 328. The van der Waals surface area contributed by atoms with Gasteiger partial charge in [0.2, 0.25) is 0 Å². The summed E-state index contributed by atoms with van der Waals surface area (Å²) in [5, 5.41) is 3.52. The third-order valence-corrected chi connectivity index (χ3v) is 3.31. The van der Waals surface area contributed by atoms with Crippen LogP contribution >= 0.6 is 0 Å². The van der Waals surface area contributed by atoms with Gasteiger partial charge < -0.3 is 14.8 Å². The molecule has 1 aliphatic carbocycles. The van der Waals surface area contributed by atoms with Gasteiger partial charge in [0.15, 0.2) is 0 Å². The summed E-state index contributed by atoms with van der Waals surface area (Å²) in [7, 11) is 1.76. The van der Waals surface area contributed by atoms with Gasteiger partial charge in [-0.2, -0.15) is 0 Å². The Labute approximate surface area is 103 Å². The Balaban J connectivity index is 1.77. The zero-order valence-corrected chi connectivity index (χ0v) is 10.6. The van der Waals surface area contributed by atoms with Gasteiger partial charge in [-0.15, -0.1) is 0 Å². The molecular weight excluding hydrogens is 214 g/mol. The molecule has 1 aromatic rings. The monoisotopic (exact) mass is 235 g/mol. The lowest BCUT2D eigenvalue weighted by Gasteiger charge is -2.43. The standard InChI is InChI=1S/C14H21NO2/c1-3-17-13-9-12(14(13)16-2)15-10-11-7-5-4-6-8-11/h4-8,12-15H,3,9-10H2,1-2H3. The van der Waals surface area contributed by atoms with Crippen molar-refractivity contribution in [3.63, 3.8) is 0 Å². The first-order valence-electron chi connectivity index (χ1n) is 6.27. The zero-order chi connectivity index (χ0) is 12.1. The van der Waals surface area contributed by atoms with E-state index < -0.39 is 0 Å². The number of methoxy groups -OCH3 is 1. The predicted octanol–water partition coefficient (Wildman–Crippen LogP) is 1.97. The van der Waals surface area contributed by atoms with Crippen molar-refractivity contribution in [1.29, 1.82) is 0 Å². The summed E-state index contributed by atoms with van der Waals surface area (Å²) in [4.78, 5) is 0. The number of benzene rings is 1. The highest BCUT2D eigenvalue weighted by Gasteiger charge is 2.41. The summed E-state index contributed by atoms with van der Waals surface area (Å²) < 4.78 is 11.1. The van der Waals surface area contributed by atoms with Crippen molar-refractivity contribution in [3.8, 4) is 0 Å². The zero-order valence-electron chi connectivity index (χ0n) is 10.6. The first-order valence-corrected chi connectivity index (χ1v) is 6.27. The van der Waals surface area contributed by atoms with Crippen LogP contribution in [-0.4, -0.2) is 32.0 Å². The van der Waals surface area contributed by atoms with E-state index >= 15 is 0 Å². The van der Waals surface area contributed by atoms with Crippen molar-refractivity contribution in [2.24, 2.45) is 0 Å². The molecule has 3 heteroatoms. The van der Waals surface area contributed by atoms with E-state index in [1.165, 1.54) is 5.56 Å². The molecule has 3 atom stereocenters. The third kappa shape index (κ3) is 3.06. The van der Waals surface area contributed by atoms with Crippen LogP contribution < -0.4 is 5.32 Å². The fourth-order valence-electron chi connectivity index (χ4n) is 2.32. The van der Waals surface area contributed by atoms with Crippen LogP contribution in [0.5, 0.6) is 0 Å². The molecule has 0 spiro atoms. The Morgan fingerprint density at radius 3 is 2.71 bits per heavy atom. The average molecular weight is 235 g/mol. The quantitative estimate of drug-likeness (QED) is 0.817. The lowest BCUT2D eigenvalue weighted by atomic mass is 9.85. The highest BCUT2D eigenvalue weighted by Crippen LogP contribution is 2.27. The van der Waals surface area contributed by atoms with E-state index in [0.717, 1.165) is 19.6 Å². The van der Waals surface area contributed by atoms with E-state index in [9.17, 15) is 0 Å². The molecule has 0 saturated heterocycles. The molecule has 1 saturated carbocycles. The van der Waals surface area contributed by atoms with Gasteiger partial charge in [0, 0.05) is 26.3 Å². The van der Waals surface area contributed by atoms with Crippen molar-refractivity contribution in [2.75, 3.05) is 13.7 Å². The molecule has 1 N–H and O–H groups in total. The van der Waals surface area contributed by atoms with Crippen LogP contribution in [0.3, 0.4) is 0 Å². The Morgan fingerprint density at radius 2 is 2.06 bits per heavy atom. The first-order chi connectivity index (χ1) is 8.35. The molecule has 2 rings (SSSR count). The second-order valence-electron chi connectivity index (χ2n) is 4.40. The number of nitrogens with one attached hydrogen (secondary N) is 1. The van der Waals surface area contributed by atoms with Gasteiger partial charge in [0.05, 0.1) is 12.2 Å². The lowest BCUT2D eigenvalue weighted by molar-refractivity contribution is -0.131. The van der Waals surface area contributed by atoms with Gasteiger partial charge in [-0.05, 0) is 18.9 Å². The van der Waals surface area contributed by atoms with Gasteiger partial charge >= 0.3 is 0 Å². The molecule has 1 aliphatic rings. The highest BCUT2D eigenvalue weighted by molar-refractivity contribution is 5.14. The maximum absolute atomic E-state index is 5.60. The Kier molecular flexibility index (Phi) is 4.54. The molecule has 3 unspecified atom stereocenters. The molecule has 17 heavy (non-hydrogen) atoms. The summed E-state index contributed by atoms with van der Waals surface area (Å²) in [5.74, 6) is 0. The topological polar surface area (TPSA) is 30.5 Å². The molecule has 3 nitrogen and oxygen atoms in total. The molecule has 1 aromatic carbocycles. The first kappa shape index (κ1) is 12.6. The van der Waals surface area contributed by atoms with Gasteiger partial charge in [-0.1, -0.05) is 30.3 Å². The summed E-state index contributed by atoms with van der Waals surface area (Å²) in [5.41, 5.74) is 1.31. The third-order valence-electron chi connectivity index (χ3n) is 3.31. The molecule has 0 aromatic heterocycles. The van der Waals surface area contributed by atoms with E-state index in [1.54, 1.807) is 7.11 Å². The molecule has 0 heterocycles. The minimum Gasteiger partial charge on any atom is -0.377 e. The van der Waals surface area contributed by atoms with E-state index in [4.69, 9.17) is 9.47 Å². The van der Waals surface area contributed by atoms with Crippen molar-refractivity contribution >= 4 is 0 Å². The minimum absolute atomic E-state index is 0.193. The van der Waals surface area contributed by atoms with Gasteiger partial charge in [0.25, 0.3) is 0 Å². The largest absolute Gasteiger partial charge is 0.377 e. The van der Waals surface area contributed by atoms with Crippen LogP contribution in [0.2, 0.25) is 0 Å². The summed E-state index contributed by atoms with van der Waals surface area (Å²) in [6.07, 6.45) is 1.50. The highest BCUT2D eigenvalue weighted by atomic mass is 16.5. The number of rotatable bonds is 6. The normalized spacial score (nSPS) is 27.8. The van der Waals surface area contributed by atoms with Gasteiger partial charge in [0.1, 0.15) is 0 Å². The summed E-state index contributed by atoms with van der Waals surface area (Å²) in [6.45, 7) is 3.68. The number of hydrogen-bond donors (Lipinski definition) is 1. The minimum atomic E-state index is 0.193. The number of ether oxygens (including phenoxy) is 2. The summed E-state index contributed by atoms with van der Waals surface area (Å²) >= 11 is 0. The second-order valence-corrected chi connectivity index (χ2v) is 4.40. The molecule has 0 radical (unpaired) electrons. The van der Waals surface area contributed by atoms with Crippen LogP contribution in [-0.2, 0) is 16.0 Å². The maximum atomic E-state index is 5.60. The van der Waals surface area contributed by atoms with Crippen LogP contribution in [0.25, 0.3) is 0 Å². The van der Waals surface area contributed by atoms with E-state index in [0.29, 0.717) is 6.04 Å². The van der Waals surface area contributed by atoms with Crippen molar-refractivity contribution in [1.82, 2.24) is 5.32 Å². The summed E-state index contributed by atoms with van der Waals surface area (Å²) in [6, 6.07) is 10.8. The van der Waals surface area contributed by atoms with Crippen molar-refractivity contribution in [3.05, 3.63) is 35.9 Å². The Morgan fingerprint density at radius 1 is 1.29 bits per heavy atom. The van der Waals surface area contributed by atoms with E-state index in [2.05, 4.69) is 29.6 Å². The number of hydrogen-bond acceptors (Lipinski definition) is 3. The molecule has 0 amide bonds. The second kappa shape index (κ2) is 6.15. The smallest absolute Gasteiger partial charge is 0.0986 e. The van der Waals surface area contributed by atoms with Crippen molar-refractivity contribution < 1.29 is 9.47 Å². The molecular formula is C14H21NO2. The van der Waals surface area contributed by atoms with Crippen LogP contribution in [0.1, 0.15) is 18.9 Å². The molecule has 0 bridgehead atoms. The molecule has 1 fully saturated rings. The van der Waals surface area contributed by atoms with Gasteiger partial charge in [-0.25, -0.2) is 0 Å². The SMILES string of the molecule is CCOC1CC(NCc2ccccc2)C1OC. The van der Waals surface area contributed by atoms with E-state index in [1.807, 2.05) is 13.0 Å². The van der Waals surface area contributed by atoms with E-state index in [-0.39, 0.29) is 12.2 Å². The van der Waals surface area contributed by atoms with Crippen LogP contribution in [0, 0.1) is 0 Å². The fourth-order valence-corrected chi connectivity index (χ4v) is 2.32. The van der Waals surface area contributed by atoms with Crippen molar-refractivity contribution in [2.45, 2.75) is 38.1 Å². The lowest BCUT2D eigenvalue weighted by Crippen LogP contribution is -2.59. The van der Waals surface area contributed by atoms with Crippen LogP contribution in [0.4, 0.5) is 0 Å². The van der Waals surface area contributed by atoms with Crippen LogP contribution in [0.15, 0.2) is 30.3 Å². The predicted molar refractivity (Wildman–Crippen MR) is 67.9 cm³/mol.